The van der Waals surface area contributed by atoms with Gasteiger partial charge in [-0.1, -0.05) is 18.2 Å². The number of rotatable bonds is 5. The molecule has 0 atom stereocenters. The number of nitrogens with zero attached hydrogens (tertiary/aromatic N) is 3. The molecule has 4 rings (SSSR count). The summed E-state index contributed by atoms with van der Waals surface area (Å²) in [5.74, 6) is 1.31. The molecule has 0 radical (unpaired) electrons. The van der Waals surface area contributed by atoms with E-state index in [0.717, 1.165) is 35.8 Å². The summed E-state index contributed by atoms with van der Waals surface area (Å²) in [6.45, 7) is 2.01. The molecule has 2 heterocycles. The van der Waals surface area contributed by atoms with Crippen molar-refractivity contribution in [3.8, 4) is 11.3 Å². The standard InChI is InChI=1S/C18H19N5.ClH/c19-18-17-16(21-11-22-18)7-6-15(23-17)14-3-1-2-13(8-14)10-20-9-12-4-5-12;/h1-3,6-8,11-12,20H,4-5,9-10H2,(H2,19,21,22);1H. The lowest BCUT2D eigenvalue weighted by Gasteiger charge is -2.08. The van der Waals surface area contributed by atoms with Crippen molar-refractivity contribution >= 4 is 29.3 Å². The fourth-order valence-electron chi connectivity index (χ4n) is 2.70. The molecule has 0 saturated heterocycles. The average molecular weight is 342 g/mol. The van der Waals surface area contributed by atoms with Gasteiger partial charge in [0.05, 0.1) is 11.2 Å². The Morgan fingerprint density at radius 1 is 1.12 bits per heavy atom. The van der Waals surface area contributed by atoms with Gasteiger partial charge in [0.15, 0.2) is 5.82 Å². The van der Waals surface area contributed by atoms with Crippen LogP contribution in [0, 0.1) is 5.92 Å². The zero-order valence-corrected chi connectivity index (χ0v) is 14.1. The molecule has 24 heavy (non-hydrogen) atoms. The molecular weight excluding hydrogens is 322 g/mol. The van der Waals surface area contributed by atoms with Gasteiger partial charge in [0.25, 0.3) is 0 Å². The molecule has 2 aromatic heterocycles. The third-order valence-corrected chi connectivity index (χ3v) is 4.19. The van der Waals surface area contributed by atoms with Crippen LogP contribution in [0.2, 0.25) is 0 Å². The second kappa shape index (κ2) is 7.11. The smallest absolute Gasteiger partial charge is 0.153 e. The molecule has 3 aromatic rings. The second-order valence-electron chi connectivity index (χ2n) is 6.10. The van der Waals surface area contributed by atoms with Gasteiger partial charge in [-0.2, -0.15) is 0 Å². The van der Waals surface area contributed by atoms with E-state index in [1.54, 1.807) is 0 Å². The zero-order valence-electron chi connectivity index (χ0n) is 13.3. The first-order chi connectivity index (χ1) is 11.3. The molecule has 0 unspecified atom stereocenters. The van der Waals surface area contributed by atoms with Crippen LogP contribution >= 0.6 is 12.4 Å². The normalized spacial score (nSPS) is 13.7. The van der Waals surface area contributed by atoms with Crippen molar-refractivity contribution in [1.82, 2.24) is 20.3 Å². The third-order valence-electron chi connectivity index (χ3n) is 4.19. The molecule has 1 aliphatic rings. The number of benzene rings is 1. The van der Waals surface area contributed by atoms with Gasteiger partial charge in [0, 0.05) is 12.1 Å². The molecule has 1 aromatic carbocycles. The largest absolute Gasteiger partial charge is 0.382 e. The van der Waals surface area contributed by atoms with E-state index in [9.17, 15) is 0 Å². The van der Waals surface area contributed by atoms with E-state index < -0.39 is 0 Å². The summed E-state index contributed by atoms with van der Waals surface area (Å²) >= 11 is 0. The highest BCUT2D eigenvalue weighted by molar-refractivity contribution is 5.86. The lowest BCUT2D eigenvalue weighted by Crippen LogP contribution is -2.16. The Balaban J connectivity index is 0.00000169. The maximum absolute atomic E-state index is 5.91. The van der Waals surface area contributed by atoms with Gasteiger partial charge in [-0.25, -0.2) is 15.0 Å². The number of nitrogens with two attached hydrogens (primary N) is 1. The van der Waals surface area contributed by atoms with Crippen molar-refractivity contribution in [2.75, 3.05) is 12.3 Å². The molecule has 0 aliphatic heterocycles. The molecule has 6 heteroatoms. The first-order valence-corrected chi connectivity index (χ1v) is 7.97. The lowest BCUT2D eigenvalue weighted by atomic mass is 10.1. The molecule has 1 fully saturated rings. The molecule has 1 aliphatic carbocycles. The predicted octanol–water partition coefficient (Wildman–Crippen LogP) is 3.20. The van der Waals surface area contributed by atoms with Crippen molar-refractivity contribution in [1.29, 1.82) is 0 Å². The van der Waals surface area contributed by atoms with Crippen LogP contribution in [0.3, 0.4) is 0 Å². The topological polar surface area (TPSA) is 76.7 Å². The summed E-state index contributed by atoms with van der Waals surface area (Å²) in [6.07, 6.45) is 4.21. The van der Waals surface area contributed by atoms with Gasteiger partial charge < -0.3 is 11.1 Å². The predicted molar refractivity (Wildman–Crippen MR) is 98.9 cm³/mol. The van der Waals surface area contributed by atoms with Crippen LogP contribution in [0.25, 0.3) is 22.3 Å². The highest BCUT2D eigenvalue weighted by atomic mass is 35.5. The SMILES string of the molecule is Cl.Nc1ncnc2ccc(-c3cccc(CNCC4CC4)c3)nc12. The molecule has 5 nitrogen and oxygen atoms in total. The molecule has 1 saturated carbocycles. The maximum atomic E-state index is 5.91. The number of pyridine rings is 1. The fourth-order valence-corrected chi connectivity index (χ4v) is 2.70. The number of halogens is 1. The summed E-state index contributed by atoms with van der Waals surface area (Å²) in [6, 6.07) is 12.4. The molecular formula is C18H20ClN5. The van der Waals surface area contributed by atoms with Gasteiger partial charge in [0.2, 0.25) is 0 Å². The summed E-state index contributed by atoms with van der Waals surface area (Å²) in [4.78, 5) is 12.8. The zero-order chi connectivity index (χ0) is 15.6. The Morgan fingerprint density at radius 2 is 2.00 bits per heavy atom. The fraction of sp³-hybridized carbons (Fsp3) is 0.278. The Bertz CT molecular complexity index is 848. The Labute approximate surface area is 147 Å². The number of nitrogens with one attached hydrogen (secondary N) is 1. The number of hydrogen-bond donors (Lipinski definition) is 2. The van der Waals surface area contributed by atoms with Crippen molar-refractivity contribution in [2.24, 2.45) is 5.92 Å². The minimum Gasteiger partial charge on any atom is -0.382 e. The summed E-state index contributed by atoms with van der Waals surface area (Å²) < 4.78 is 0. The van der Waals surface area contributed by atoms with E-state index in [-0.39, 0.29) is 12.4 Å². The van der Waals surface area contributed by atoms with Crippen molar-refractivity contribution in [2.45, 2.75) is 19.4 Å². The number of aromatic nitrogens is 3. The molecule has 0 spiro atoms. The van der Waals surface area contributed by atoms with Crippen LogP contribution in [0.5, 0.6) is 0 Å². The van der Waals surface area contributed by atoms with Gasteiger partial charge in [-0.05, 0) is 49.1 Å². The minimum atomic E-state index is 0. The molecule has 0 amide bonds. The van der Waals surface area contributed by atoms with E-state index in [4.69, 9.17) is 5.73 Å². The molecule has 3 N–H and O–H groups in total. The van der Waals surface area contributed by atoms with E-state index in [1.807, 2.05) is 12.1 Å². The van der Waals surface area contributed by atoms with Gasteiger partial charge in [-0.15, -0.1) is 12.4 Å². The van der Waals surface area contributed by atoms with Crippen LogP contribution in [0.15, 0.2) is 42.7 Å². The first kappa shape index (κ1) is 16.6. The van der Waals surface area contributed by atoms with E-state index in [2.05, 4.69) is 44.5 Å². The summed E-state index contributed by atoms with van der Waals surface area (Å²) in [7, 11) is 0. The number of nitrogen functional groups attached to an aromatic ring is 1. The van der Waals surface area contributed by atoms with Crippen LogP contribution in [0.1, 0.15) is 18.4 Å². The third kappa shape index (κ3) is 3.63. The Morgan fingerprint density at radius 3 is 2.83 bits per heavy atom. The Hall–Kier alpha value is -2.24. The Kier molecular flexibility index (Phi) is 4.92. The van der Waals surface area contributed by atoms with E-state index in [1.165, 1.54) is 24.7 Å². The van der Waals surface area contributed by atoms with Crippen LogP contribution in [0.4, 0.5) is 5.82 Å². The monoisotopic (exact) mass is 341 g/mol. The van der Waals surface area contributed by atoms with Gasteiger partial charge >= 0.3 is 0 Å². The summed E-state index contributed by atoms with van der Waals surface area (Å²) in [5.41, 5.74) is 10.6. The maximum Gasteiger partial charge on any atom is 0.153 e. The van der Waals surface area contributed by atoms with E-state index in [0.29, 0.717) is 11.3 Å². The van der Waals surface area contributed by atoms with Crippen molar-refractivity contribution in [3.63, 3.8) is 0 Å². The quantitative estimate of drug-likeness (QED) is 0.745. The molecule has 124 valence electrons. The van der Waals surface area contributed by atoms with Gasteiger partial charge in [0.1, 0.15) is 11.8 Å². The van der Waals surface area contributed by atoms with Crippen LogP contribution < -0.4 is 11.1 Å². The second-order valence-corrected chi connectivity index (χ2v) is 6.10. The minimum absolute atomic E-state index is 0. The number of hydrogen-bond acceptors (Lipinski definition) is 5. The first-order valence-electron chi connectivity index (χ1n) is 7.97. The highest BCUT2D eigenvalue weighted by Crippen LogP contribution is 2.28. The molecule has 0 bridgehead atoms. The van der Waals surface area contributed by atoms with Crippen molar-refractivity contribution < 1.29 is 0 Å². The van der Waals surface area contributed by atoms with Crippen LogP contribution in [-0.2, 0) is 6.54 Å². The van der Waals surface area contributed by atoms with Crippen molar-refractivity contribution in [3.05, 3.63) is 48.3 Å². The van der Waals surface area contributed by atoms with E-state index >= 15 is 0 Å². The highest BCUT2D eigenvalue weighted by Gasteiger charge is 2.20. The number of fused-ring (bicyclic) bond motifs is 1. The van der Waals surface area contributed by atoms with Crippen LogP contribution in [-0.4, -0.2) is 21.5 Å². The van der Waals surface area contributed by atoms with Gasteiger partial charge in [-0.3, -0.25) is 0 Å². The summed E-state index contributed by atoms with van der Waals surface area (Å²) in [5, 5.41) is 3.52. The average Bonchev–Trinajstić information content (AvgIpc) is 3.40. The number of anilines is 1. The lowest BCUT2D eigenvalue weighted by molar-refractivity contribution is 0.639.